The van der Waals surface area contributed by atoms with Gasteiger partial charge in [0, 0.05) is 6.54 Å². The first-order valence-corrected chi connectivity index (χ1v) is 9.43. The van der Waals surface area contributed by atoms with Crippen LogP contribution in [0.2, 0.25) is 10.0 Å². The average molecular weight is 432 g/mol. The molecule has 3 aromatic rings. The normalized spacial score (nSPS) is 10.6. The fraction of sp³-hybridized carbons (Fsp3) is 0.150. The van der Waals surface area contributed by atoms with E-state index in [4.69, 9.17) is 28.9 Å². The first kappa shape index (κ1) is 20.6. The van der Waals surface area contributed by atoms with E-state index in [1.54, 1.807) is 18.2 Å². The molecule has 0 bridgehead atoms. The van der Waals surface area contributed by atoms with Crippen molar-refractivity contribution >= 4 is 34.9 Å². The second-order valence-corrected chi connectivity index (χ2v) is 6.95. The Kier molecular flexibility index (Phi) is 6.37. The molecule has 9 heteroatoms. The van der Waals surface area contributed by atoms with Crippen LogP contribution in [0.15, 0.2) is 42.5 Å². The minimum Gasteiger partial charge on any atom is -0.382 e. The fourth-order valence-corrected chi connectivity index (χ4v) is 3.17. The van der Waals surface area contributed by atoms with E-state index in [0.29, 0.717) is 41.4 Å². The number of nitrogens with one attached hydrogen (secondary N) is 1. The number of rotatable bonds is 6. The number of nitriles is 1. The van der Waals surface area contributed by atoms with Crippen LogP contribution in [-0.2, 0) is 6.42 Å². The Morgan fingerprint density at radius 1 is 1.24 bits per heavy atom. The molecule has 3 N–H and O–H groups in total. The van der Waals surface area contributed by atoms with Gasteiger partial charge in [-0.3, -0.25) is 4.79 Å². The summed E-state index contributed by atoms with van der Waals surface area (Å²) >= 11 is 12.0. The number of nitrogens with zero attached hydrogens (tertiary/aromatic N) is 3. The topological polar surface area (TPSA) is 96.7 Å². The summed E-state index contributed by atoms with van der Waals surface area (Å²) in [5, 5.41) is 17.1. The molecule has 2 aromatic carbocycles. The molecule has 0 aliphatic carbocycles. The van der Waals surface area contributed by atoms with E-state index in [-0.39, 0.29) is 28.1 Å². The molecule has 0 unspecified atom stereocenters. The van der Waals surface area contributed by atoms with Gasteiger partial charge in [-0.25, -0.2) is 9.07 Å². The van der Waals surface area contributed by atoms with E-state index in [1.165, 1.54) is 28.9 Å². The maximum Gasteiger partial charge on any atom is 0.252 e. The van der Waals surface area contributed by atoms with E-state index < -0.39 is 0 Å². The Bertz CT molecular complexity index is 1090. The Labute approximate surface area is 176 Å². The molecular formula is C20H16Cl2FN5O. The first-order valence-electron chi connectivity index (χ1n) is 8.68. The maximum atomic E-state index is 13.1. The number of aromatic nitrogens is 2. The summed E-state index contributed by atoms with van der Waals surface area (Å²) in [5.41, 5.74) is 7.64. The summed E-state index contributed by atoms with van der Waals surface area (Å²) in [6.07, 6.45) is 0.948. The van der Waals surface area contributed by atoms with Gasteiger partial charge in [-0.05, 0) is 49.2 Å². The lowest BCUT2D eigenvalue weighted by molar-refractivity contribution is 0.0953. The molecule has 6 nitrogen and oxygen atoms in total. The third-order valence-corrected chi connectivity index (χ3v) is 5.07. The highest BCUT2D eigenvalue weighted by Gasteiger charge is 2.17. The smallest absolute Gasteiger partial charge is 0.252 e. The molecule has 1 heterocycles. The van der Waals surface area contributed by atoms with E-state index in [2.05, 4.69) is 16.5 Å². The van der Waals surface area contributed by atoms with Gasteiger partial charge in [-0.1, -0.05) is 29.3 Å². The van der Waals surface area contributed by atoms with Crippen molar-refractivity contribution in [2.24, 2.45) is 0 Å². The highest BCUT2D eigenvalue weighted by molar-refractivity contribution is 6.43. The Morgan fingerprint density at radius 3 is 2.66 bits per heavy atom. The van der Waals surface area contributed by atoms with E-state index in [0.717, 1.165) is 0 Å². The second-order valence-electron chi connectivity index (χ2n) is 6.17. The van der Waals surface area contributed by atoms with Crippen LogP contribution in [0.25, 0.3) is 5.69 Å². The van der Waals surface area contributed by atoms with Gasteiger partial charge in [0.05, 0.1) is 27.0 Å². The number of carbonyl (C=O) groups is 1. The van der Waals surface area contributed by atoms with Crippen molar-refractivity contribution in [2.45, 2.75) is 12.8 Å². The number of aryl methyl sites for hydroxylation is 1. The Balaban J connectivity index is 1.66. The van der Waals surface area contributed by atoms with Crippen LogP contribution in [0.4, 0.5) is 10.2 Å². The summed E-state index contributed by atoms with van der Waals surface area (Å²) in [7, 11) is 0. The molecule has 1 amide bonds. The lowest BCUT2D eigenvalue weighted by Gasteiger charge is -2.07. The molecule has 3 rings (SSSR count). The van der Waals surface area contributed by atoms with Crippen molar-refractivity contribution in [3.8, 4) is 11.8 Å². The van der Waals surface area contributed by atoms with Gasteiger partial charge < -0.3 is 11.1 Å². The van der Waals surface area contributed by atoms with Crippen LogP contribution < -0.4 is 11.1 Å². The SMILES string of the molecule is N#Cc1c(CCCNC(=O)c2cccc(Cl)c2Cl)nn(-c2ccc(F)cc2)c1N. The summed E-state index contributed by atoms with van der Waals surface area (Å²) in [6.45, 7) is 0.343. The molecule has 0 radical (unpaired) electrons. The number of carbonyl (C=O) groups excluding carboxylic acids is 1. The monoisotopic (exact) mass is 431 g/mol. The summed E-state index contributed by atoms with van der Waals surface area (Å²) in [5.74, 6) is -0.533. The van der Waals surface area contributed by atoms with Crippen LogP contribution in [-0.4, -0.2) is 22.2 Å². The molecule has 0 atom stereocenters. The van der Waals surface area contributed by atoms with Crippen LogP contribution in [0.5, 0.6) is 0 Å². The molecule has 0 fully saturated rings. The lowest BCUT2D eigenvalue weighted by Crippen LogP contribution is -2.25. The minimum atomic E-state index is -0.379. The number of hydrogen-bond donors (Lipinski definition) is 2. The van der Waals surface area contributed by atoms with Gasteiger partial charge >= 0.3 is 0 Å². The van der Waals surface area contributed by atoms with Crippen LogP contribution in [0.1, 0.15) is 28.0 Å². The third kappa shape index (κ3) is 4.50. The van der Waals surface area contributed by atoms with Crippen LogP contribution in [0, 0.1) is 17.1 Å². The molecule has 0 aliphatic rings. The first-order chi connectivity index (χ1) is 13.9. The predicted octanol–water partition coefficient (Wildman–Crippen LogP) is 4.13. The standard InChI is InChI=1S/C20H16Cl2FN5O/c21-16-4-1-3-14(18(16)22)20(29)26-10-2-5-17-15(11-24)19(25)28(27-17)13-8-6-12(23)7-9-13/h1,3-4,6-9H,2,5,10,25H2,(H,26,29). The summed E-state index contributed by atoms with van der Waals surface area (Å²) < 4.78 is 14.5. The van der Waals surface area contributed by atoms with Crippen molar-refractivity contribution in [2.75, 3.05) is 12.3 Å². The van der Waals surface area contributed by atoms with Crippen molar-refractivity contribution in [1.29, 1.82) is 5.26 Å². The third-order valence-electron chi connectivity index (χ3n) is 4.25. The highest BCUT2D eigenvalue weighted by atomic mass is 35.5. The van der Waals surface area contributed by atoms with Gasteiger partial charge in [0.15, 0.2) is 0 Å². The molecule has 0 saturated carbocycles. The number of nitrogens with two attached hydrogens (primary N) is 1. The average Bonchev–Trinajstić information content (AvgIpc) is 3.03. The van der Waals surface area contributed by atoms with E-state index >= 15 is 0 Å². The van der Waals surface area contributed by atoms with Crippen LogP contribution in [0.3, 0.4) is 0 Å². The molecule has 0 spiro atoms. The van der Waals surface area contributed by atoms with Gasteiger partial charge in [-0.2, -0.15) is 10.4 Å². The van der Waals surface area contributed by atoms with Crippen molar-refractivity contribution in [3.05, 3.63) is 75.1 Å². The van der Waals surface area contributed by atoms with Gasteiger partial charge in [0.1, 0.15) is 23.3 Å². The Hall–Kier alpha value is -3.08. The van der Waals surface area contributed by atoms with Crippen molar-refractivity contribution < 1.29 is 9.18 Å². The molecule has 29 heavy (non-hydrogen) atoms. The largest absolute Gasteiger partial charge is 0.382 e. The number of amides is 1. The van der Waals surface area contributed by atoms with Gasteiger partial charge in [0.2, 0.25) is 0 Å². The number of nitrogen functional groups attached to an aromatic ring is 1. The van der Waals surface area contributed by atoms with Crippen molar-refractivity contribution in [1.82, 2.24) is 15.1 Å². The van der Waals surface area contributed by atoms with E-state index in [9.17, 15) is 14.4 Å². The van der Waals surface area contributed by atoms with Crippen molar-refractivity contribution in [3.63, 3.8) is 0 Å². The molecule has 0 aliphatic heterocycles. The fourth-order valence-electron chi connectivity index (χ4n) is 2.79. The zero-order chi connectivity index (χ0) is 21.0. The minimum absolute atomic E-state index is 0.184. The van der Waals surface area contributed by atoms with Gasteiger partial charge in [0.25, 0.3) is 5.91 Å². The molecule has 1 aromatic heterocycles. The molecule has 0 saturated heterocycles. The quantitative estimate of drug-likeness (QED) is 0.573. The zero-order valence-electron chi connectivity index (χ0n) is 15.1. The lowest BCUT2D eigenvalue weighted by atomic mass is 10.1. The van der Waals surface area contributed by atoms with E-state index in [1.807, 2.05) is 0 Å². The predicted molar refractivity (Wildman–Crippen MR) is 110 cm³/mol. The number of anilines is 1. The summed E-state index contributed by atoms with van der Waals surface area (Å²) in [6, 6.07) is 12.5. The zero-order valence-corrected chi connectivity index (χ0v) is 16.6. The Morgan fingerprint density at radius 2 is 1.97 bits per heavy atom. The number of halogens is 3. The number of benzene rings is 2. The van der Waals surface area contributed by atoms with Gasteiger partial charge in [-0.15, -0.1) is 0 Å². The second kappa shape index (κ2) is 8.95. The maximum absolute atomic E-state index is 13.1. The highest BCUT2D eigenvalue weighted by Crippen LogP contribution is 2.25. The number of hydrogen-bond acceptors (Lipinski definition) is 4. The van der Waals surface area contributed by atoms with Crippen LogP contribution >= 0.6 is 23.2 Å². The molecule has 148 valence electrons. The molecular weight excluding hydrogens is 416 g/mol. The summed E-state index contributed by atoms with van der Waals surface area (Å²) in [4.78, 5) is 12.2.